The third-order valence-electron chi connectivity index (χ3n) is 6.99. The highest BCUT2D eigenvalue weighted by Gasteiger charge is 2.67. The summed E-state index contributed by atoms with van der Waals surface area (Å²) in [5.41, 5.74) is 0.414. The lowest BCUT2D eigenvalue weighted by atomic mass is 9.81. The Morgan fingerprint density at radius 2 is 1.65 bits per heavy atom. The molecule has 0 N–H and O–H groups in total. The van der Waals surface area contributed by atoms with Gasteiger partial charge in [0.25, 0.3) is 23.4 Å². The van der Waals surface area contributed by atoms with Gasteiger partial charge in [-0.15, -0.1) is 0 Å². The maximum Gasteiger partial charge on any atom is 0.273 e. The lowest BCUT2D eigenvalue weighted by molar-refractivity contribution is -0.384. The van der Waals surface area contributed by atoms with Crippen molar-refractivity contribution < 1.29 is 19.3 Å². The van der Waals surface area contributed by atoms with Crippen LogP contribution in [0.15, 0.2) is 48.5 Å². The van der Waals surface area contributed by atoms with Crippen LogP contribution in [0.3, 0.4) is 0 Å². The quantitative estimate of drug-likeness (QED) is 0.213. The van der Waals surface area contributed by atoms with Crippen molar-refractivity contribution in [3.63, 3.8) is 0 Å². The van der Waals surface area contributed by atoms with E-state index in [9.17, 15) is 24.5 Å². The van der Waals surface area contributed by atoms with Crippen LogP contribution in [0.1, 0.15) is 22.3 Å². The average Bonchev–Trinajstić information content (AvgIpc) is 3.43. The number of nitrogens with zero attached hydrogens (tertiary/aromatic N) is 3. The topological polar surface area (TPSA) is 101 Å². The molecule has 3 fully saturated rings. The van der Waals surface area contributed by atoms with E-state index in [0.717, 1.165) is 22.5 Å². The molecule has 0 unspecified atom stereocenters. The molecule has 1 heterocycles. The zero-order valence-corrected chi connectivity index (χ0v) is 21.4. The summed E-state index contributed by atoms with van der Waals surface area (Å²) in [6.07, 6.45) is 0.766. The monoisotopic (exact) mass is 609 g/mol. The van der Waals surface area contributed by atoms with Crippen molar-refractivity contribution in [2.75, 3.05) is 0 Å². The highest BCUT2D eigenvalue weighted by molar-refractivity contribution is 9.12. The standard InChI is InChI=1S/C23H18Br2ClN3O5/c24-19-15-9-16(20(19)25)18-17(15)22(31)28(23(18)32)27(10-11-4-6-13(26)7-5-11)21(30)12-2-1-3-14(8-12)29(33)34/h1-8,15-20H,9-10H2/t15-,16-,17-,18+,19-,20+/m1/s1. The normalized spacial score (nSPS) is 29.4. The summed E-state index contributed by atoms with van der Waals surface area (Å²) in [7, 11) is 0. The van der Waals surface area contributed by atoms with Crippen LogP contribution in [0, 0.1) is 33.8 Å². The number of hydrogen-bond acceptors (Lipinski definition) is 5. The van der Waals surface area contributed by atoms with Crippen LogP contribution in [0.25, 0.3) is 0 Å². The van der Waals surface area contributed by atoms with Gasteiger partial charge in [-0.3, -0.25) is 24.5 Å². The Bertz CT molecular complexity index is 1180. The number of nitro benzene ring substituents is 1. The molecule has 2 aromatic carbocycles. The van der Waals surface area contributed by atoms with Gasteiger partial charge >= 0.3 is 0 Å². The molecule has 2 bridgehead atoms. The lowest BCUT2D eigenvalue weighted by Gasteiger charge is -2.31. The van der Waals surface area contributed by atoms with Gasteiger partial charge in [-0.25, -0.2) is 5.01 Å². The molecule has 0 aromatic heterocycles. The maximum atomic E-state index is 13.6. The summed E-state index contributed by atoms with van der Waals surface area (Å²) >= 11 is 13.3. The molecule has 34 heavy (non-hydrogen) atoms. The van der Waals surface area contributed by atoms with E-state index in [-0.39, 0.29) is 39.3 Å². The molecular weight excluding hydrogens is 594 g/mol. The molecule has 3 aliphatic rings. The number of hydrazine groups is 1. The number of halogens is 3. The minimum absolute atomic E-state index is 0.00822. The van der Waals surface area contributed by atoms with E-state index in [0.29, 0.717) is 10.6 Å². The van der Waals surface area contributed by atoms with E-state index in [2.05, 4.69) is 31.9 Å². The Kier molecular flexibility index (Phi) is 6.02. The van der Waals surface area contributed by atoms with E-state index in [1.807, 2.05) is 0 Å². The highest BCUT2D eigenvalue weighted by Crippen LogP contribution is 2.60. The molecule has 3 amide bonds. The van der Waals surface area contributed by atoms with E-state index < -0.39 is 34.5 Å². The van der Waals surface area contributed by atoms with Crippen LogP contribution >= 0.6 is 43.5 Å². The molecule has 1 aliphatic heterocycles. The molecule has 176 valence electrons. The molecule has 2 aromatic rings. The van der Waals surface area contributed by atoms with Gasteiger partial charge in [-0.2, -0.15) is 5.01 Å². The molecule has 0 spiro atoms. The van der Waals surface area contributed by atoms with Gasteiger partial charge in [0.2, 0.25) is 0 Å². The van der Waals surface area contributed by atoms with Gasteiger partial charge in [0.15, 0.2) is 0 Å². The predicted molar refractivity (Wildman–Crippen MR) is 130 cm³/mol. The third kappa shape index (κ3) is 3.67. The second-order valence-electron chi connectivity index (χ2n) is 8.79. The molecule has 0 radical (unpaired) electrons. The van der Waals surface area contributed by atoms with Crippen molar-refractivity contribution >= 4 is 66.9 Å². The zero-order valence-electron chi connectivity index (χ0n) is 17.5. The summed E-state index contributed by atoms with van der Waals surface area (Å²) in [5.74, 6) is -2.49. The van der Waals surface area contributed by atoms with Crippen LogP contribution in [0.5, 0.6) is 0 Å². The minimum atomic E-state index is -0.668. The second kappa shape index (κ2) is 8.73. The number of non-ortho nitro benzene ring substituents is 1. The third-order valence-corrected chi connectivity index (χ3v) is 10.4. The second-order valence-corrected chi connectivity index (χ2v) is 11.3. The number of alkyl halides is 2. The fourth-order valence-electron chi connectivity index (χ4n) is 5.47. The fourth-order valence-corrected chi connectivity index (χ4v) is 7.47. The minimum Gasteiger partial charge on any atom is -0.272 e. The Labute approximate surface area is 216 Å². The van der Waals surface area contributed by atoms with Crippen LogP contribution < -0.4 is 0 Å². The molecule has 2 aliphatic carbocycles. The molecule has 1 saturated heterocycles. The smallest absolute Gasteiger partial charge is 0.272 e. The number of rotatable bonds is 5. The Morgan fingerprint density at radius 3 is 2.21 bits per heavy atom. The van der Waals surface area contributed by atoms with Crippen molar-refractivity contribution in [1.82, 2.24) is 10.0 Å². The molecule has 5 rings (SSSR count). The molecule has 11 heteroatoms. The molecular formula is C23H18Br2ClN3O5. The van der Waals surface area contributed by atoms with Gasteiger partial charge in [0.05, 0.1) is 23.3 Å². The number of carbonyl (C=O) groups is 3. The van der Waals surface area contributed by atoms with Gasteiger partial charge < -0.3 is 0 Å². The number of imide groups is 1. The summed E-state index contributed by atoms with van der Waals surface area (Å²) in [5, 5.41) is 13.8. The summed E-state index contributed by atoms with van der Waals surface area (Å²) in [6.45, 7) is -0.0690. The van der Waals surface area contributed by atoms with Gasteiger partial charge in [0.1, 0.15) is 0 Å². The molecule has 2 saturated carbocycles. The lowest BCUT2D eigenvalue weighted by Crippen LogP contribution is -2.50. The number of fused-ring (bicyclic) bond motifs is 5. The first-order valence-corrected chi connectivity index (χ1v) is 12.9. The van der Waals surface area contributed by atoms with Gasteiger partial charge in [0, 0.05) is 32.4 Å². The number of benzene rings is 2. The van der Waals surface area contributed by atoms with Crippen molar-refractivity contribution in [3.05, 3.63) is 74.8 Å². The highest BCUT2D eigenvalue weighted by atomic mass is 79.9. The van der Waals surface area contributed by atoms with E-state index in [1.54, 1.807) is 24.3 Å². The summed E-state index contributed by atoms with van der Waals surface area (Å²) < 4.78 is 0. The average molecular weight is 612 g/mol. The van der Waals surface area contributed by atoms with Crippen LogP contribution in [0.2, 0.25) is 5.02 Å². The van der Waals surface area contributed by atoms with Crippen molar-refractivity contribution in [2.24, 2.45) is 23.7 Å². The number of hydrogen-bond donors (Lipinski definition) is 0. The number of carbonyl (C=O) groups excluding carboxylic acids is 3. The van der Waals surface area contributed by atoms with Crippen LogP contribution in [0.4, 0.5) is 5.69 Å². The van der Waals surface area contributed by atoms with Crippen LogP contribution in [-0.2, 0) is 16.1 Å². The largest absolute Gasteiger partial charge is 0.273 e. The first-order chi connectivity index (χ1) is 16.2. The Hall–Kier alpha value is -2.30. The van der Waals surface area contributed by atoms with Gasteiger partial charge in [-0.05, 0) is 42.0 Å². The maximum absolute atomic E-state index is 13.6. The van der Waals surface area contributed by atoms with E-state index >= 15 is 0 Å². The van der Waals surface area contributed by atoms with E-state index in [4.69, 9.17) is 11.6 Å². The first-order valence-electron chi connectivity index (χ1n) is 10.7. The van der Waals surface area contributed by atoms with Crippen molar-refractivity contribution in [3.8, 4) is 0 Å². The number of amides is 3. The first kappa shape index (κ1) is 23.4. The summed E-state index contributed by atoms with van der Waals surface area (Å²) in [6, 6.07) is 12.0. The predicted octanol–water partition coefficient (Wildman–Crippen LogP) is 4.58. The van der Waals surface area contributed by atoms with Gasteiger partial charge in [-0.1, -0.05) is 61.7 Å². The SMILES string of the molecule is O=C(c1cccc([N+](=O)[O-])c1)N(Cc1ccc(Cl)cc1)N1C(=O)[C@@H]2[C@H]3C[C@@H]([C@H](Br)[C@@H]3Br)[C@@H]2C1=O. The Morgan fingerprint density at radius 1 is 1.06 bits per heavy atom. The molecule has 6 atom stereocenters. The van der Waals surface area contributed by atoms with Crippen LogP contribution in [-0.4, -0.2) is 42.3 Å². The van der Waals surface area contributed by atoms with Crippen molar-refractivity contribution in [1.29, 1.82) is 0 Å². The van der Waals surface area contributed by atoms with E-state index in [1.165, 1.54) is 18.2 Å². The fraction of sp³-hybridized carbons (Fsp3) is 0.348. The summed E-state index contributed by atoms with van der Waals surface area (Å²) in [4.78, 5) is 51.5. The number of nitro groups is 1. The molecule has 8 nitrogen and oxygen atoms in total. The zero-order chi connectivity index (χ0) is 24.3. The Balaban J connectivity index is 1.53. The van der Waals surface area contributed by atoms with Crippen molar-refractivity contribution in [2.45, 2.75) is 22.6 Å².